The zero-order valence-electron chi connectivity index (χ0n) is 20.3. The number of hydrogen-bond donors (Lipinski definition) is 0. The summed E-state index contributed by atoms with van der Waals surface area (Å²) >= 11 is 0. The van der Waals surface area contributed by atoms with Crippen molar-refractivity contribution in [3.63, 3.8) is 0 Å². The molecule has 170 valence electrons. The molecule has 2 nitrogen and oxygen atoms in total. The van der Waals surface area contributed by atoms with Crippen LogP contribution >= 0.6 is 0 Å². The highest BCUT2D eigenvalue weighted by Crippen LogP contribution is 2.71. The Morgan fingerprint density at radius 1 is 0.733 bits per heavy atom. The molecule has 0 radical (unpaired) electrons. The minimum atomic E-state index is -0.254. The summed E-state index contributed by atoms with van der Waals surface area (Å²) < 4.78 is 13.4. The highest BCUT2D eigenvalue weighted by Gasteiger charge is 2.69. The van der Waals surface area contributed by atoms with Crippen LogP contribution in [-0.4, -0.2) is 18.5 Å². The SMILES string of the molecule is CC1CC[C@@]2(C)[C@H](CC[C@H]3[C@@H]2CC[C@]2(C)[C@@H]4[C@H](C[C@@H]32)O[C@]2(CC[C@@H](C)CO2)[C@H]4C)C1. The minimum Gasteiger partial charge on any atom is -0.349 e. The van der Waals surface area contributed by atoms with Gasteiger partial charge in [-0.05, 0) is 104 Å². The Labute approximate surface area is 185 Å². The normalized spacial score (nSPS) is 62.5. The molecular formula is C28H46O2. The second-order valence-electron chi connectivity index (χ2n) is 13.6. The maximum atomic E-state index is 6.93. The van der Waals surface area contributed by atoms with E-state index in [-0.39, 0.29) is 5.79 Å². The molecule has 1 unspecified atom stereocenters. The summed E-state index contributed by atoms with van der Waals surface area (Å²) in [5.41, 5.74) is 1.11. The lowest BCUT2D eigenvalue weighted by Gasteiger charge is -2.61. The van der Waals surface area contributed by atoms with E-state index in [4.69, 9.17) is 9.47 Å². The van der Waals surface area contributed by atoms with Gasteiger partial charge in [0.1, 0.15) is 0 Å². The van der Waals surface area contributed by atoms with Crippen molar-refractivity contribution >= 4 is 0 Å². The fourth-order valence-electron chi connectivity index (χ4n) is 10.5. The quantitative estimate of drug-likeness (QED) is 0.422. The molecule has 6 fully saturated rings. The lowest BCUT2D eigenvalue weighted by molar-refractivity contribution is -0.273. The van der Waals surface area contributed by atoms with Crippen LogP contribution in [0.15, 0.2) is 0 Å². The molecule has 0 aromatic carbocycles. The fraction of sp³-hybridized carbons (Fsp3) is 1.00. The first-order valence-electron chi connectivity index (χ1n) is 13.6. The van der Waals surface area contributed by atoms with Crippen molar-refractivity contribution in [2.75, 3.05) is 6.61 Å². The second-order valence-corrected chi connectivity index (χ2v) is 13.6. The van der Waals surface area contributed by atoms with E-state index in [0.29, 0.717) is 34.7 Å². The Morgan fingerprint density at radius 2 is 1.50 bits per heavy atom. The molecule has 0 aromatic rings. The Hall–Kier alpha value is -0.0800. The smallest absolute Gasteiger partial charge is 0.171 e. The summed E-state index contributed by atoms with van der Waals surface area (Å²) in [5, 5.41) is 0. The van der Waals surface area contributed by atoms with Crippen LogP contribution in [0, 0.1) is 58.2 Å². The molecule has 0 bridgehead atoms. The third-order valence-corrected chi connectivity index (χ3v) is 12.2. The molecule has 6 rings (SSSR count). The Kier molecular flexibility index (Phi) is 4.60. The van der Waals surface area contributed by atoms with Crippen LogP contribution in [0.4, 0.5) is 0 Å². The summed E-state index contributed by atoms with van der Waals surface area (Å²) in [5.74, 6) is 6.52. The van der Waals surface area contributed by atoms with E-state index >= 15 is 0 Å². The van der Waals surface area contributed by atoms with Gasteiger partial charge in [-0.1, -0.05) is 41.0 Å². The molecule has 1 spiro atoms. The second kappa shape index (κ2) is 6.72. The molecule has 0 N–H and O–H groups in total. The van der Waals surface area contributed by atoms with E-state index in [0.717, 1.165) is 42.6 Å². The molecule has 0 amide bonds. The van der Waals surface area contributed by atoms with E-state index < -0.39 is 0 Å². The van der Waals surface area contributed by atoms with Crippen LogP contribution in [0.1, 0.15) is 98.8 Å². The Balaban J connectivity index is 1.26. The van der Waals surface area contributed by atoms with E-state index in [1.165, 1.54) is 57.8 Å². The van der Waals surface area contributed by atoms with Gasteiger partial charge in [0.2, 0.25) is 0 Å². The highest BCUT2D eigenvalue weighted by molar-refractivity contribution is 5.15. The first-order valence-corrected chi connectivity index (χ1v) is 13.6. The van der Waals surface area contributed by atoms with Gasteiger partial charge in [0.05, 0.1) is 12.7 Å². The van der Waals surface area contributed by atoms with E-state index in [1.807, 2.05) is 0 Å². The summed E-state index contributed by atoms with van der Waals surface area (Å²) in [4.78, 5) is 0. The van der Waals surface area contributed by atoms with Crippen LogP contribution in [0.2, 0.25) is 0 Å². The molecule has 12 atom stereocenters. The molecule has 2 heterocycles. The van der Waals surface area contributed by atoms with Gasteiger partial charge in [0, 0.05) is 12.3 Å². The monoisotopic (exact) mass is 414 g/mol. The van der Waals surface area contributed by atoms with E-state index in [1.54, 1.807) is 0 Å². The van der Waals surface area contributed by atoms with Crippen LogP contribution in [-0.2, 0) is 9.47 Å². The summed E-state index contributed by atoms with van der Waals surface area (Å²) in [6.07, 6.45) is 14.6. The maximum Gasteiger partial charge on any atom is 0.171 e. The molecular weight excluding hydrogens is 368 g/mol. The topological polar surface area (TPSA) is 18.5 Å². The summed E-state index contributed by atoms with van der Waals surface area (Å²) in [6, 6.07) is 0. The Morgan fingerprint density at radius 3 is 2.27 bits per heavy atom. The van der Waals surface area contributed by atoms with E-state index in [9.17, 15) is 0 Å². The van der Waals surface area contributed by atoms with Crippen molar-refractivity contribution in [1.29, 1.82) is 0 Å². The average molecular weight is 415 g/mol. The van der Waals surface area contributed by atoms with Gasteiger partial charge in [0.15, 0.2) is 5.79 Å². The van der Waals surface area contributed by atoms with Crippen LogP contribution in [0.25, 0.3) is 0 Å². The molecule has 0 aromatic heterocycles. The Bertz CT molecular complexity index is 680. The average Bonchev–Trinajstić information content (AvgIpc) is 3.16. The number of rotatable bonds is 0. The molecule has 2 saturated heterocycles. The largest absolute Gasteiger partial charge is 0.349 e. The van der Waals surface area contributed by atoms with Gasteiger partial charge in [-0.25, -0.2) is 0 Å². The van der Waals surface area contributed by atoms with Gasteiger partial charge in [0.25, 0.3) is 0 Å². The van der Waals surface area contributed by atoms with Crippen molar-refractivity contribution in [2.24, 2.45) is 58.2 Å². The molecule has 2 aliphatic heterocycles. The van der Waals surface area contributed by atoms with Gasteiger partial charge in [-0.15, -0.1) is 0 Å². The van der Waals surface area contributed by atoms with E-state index in [2.05, 4.69) is 34.6 Å². The minimum absolute atomic E-state index is 0.254. The highest BCUT2D eigenvalue weighted by atomic mass is 16.7. The molecule has 6 aliphatic rings. The van der Waals surface area contributed by atoms with Gasteiger partial charge < -0.3 is 9.47 Å². The predicted octanol–water partition coefficient (Wildman–Crippen LogP) is 7.07. The first-order chi connectivity index (χ1) is 14.3. The third-order valence-electron chi connectivity index (χ3n) is 12.2. The molecule has 30 heavy (non-hydrogen) atoms. The zero-order chi connectivity index (χ0) is 20.9. The van der Waals surface area contributed by atoms with Gasteiger partial charge >= 0.3 is 0 Å². The first kappa shape index (κ1) is 20.5. The summed E-state index contributed by atoms with van der Waals surface area (Å²) in [7, 11) is 0. The van der Waals surface area contributed by atoms with Crippen molar-refractivity contribution in [3.05, 3.63) is 0 Å². The lowest BCUT2D eigenvalue weighted by Crippen LogP contribution is -2.54. The van der Waals surface area contributed by atoms with Gasteiger partial charge in [-0.2, -0.15) is 0 Å². The van der Waals surface area contributed by atoms with Gasteiger partial charge in [-0.3, -0.25) is 0 Å². The zero-order valence-corrected chi connectivity index (χ0v) is 20.3. The molecule has 2 heteroatoms. The van der Waals surface area contributed by atoms with Crippen LogP contribution in [0.3, 0.4) is 0 Å². The van der Waals surface area contributed by atoms with Crippen LogP contribution in [0.5, 0.6) is 0 Å². The fourth-order valence-corrected chi connectivity index (χ4v) is 10.5. The van der Waals surface area contributed by atoms with Crippen molar-refractivity contribution < 1.29 is 9.47 Å². The third kappa shape index (κ3) is 2.62. The predicted molar refractivity (Wildman–Crippen MR) is 121 cm³/mol. The van der Waals surface area contributed by atoms with Crippen molar-refractivity contribution in [2.45, 2.75) is 111 Å². The maximum absolute atomic E-state index is 6.93. The molecule has 4 aliphatic carbocycles. The lowest BCUT2D eigenvalue weighted by atomic mass is 9.44. The van der Waals surface area contributed by atoms with Crippen molar-refractivity contribution in [1.82, 2.24) is 0 Å². The summed E-state index contributed by atoms with van der Waals surface area (Å²) in [6.45, 7) is 13.6. The van der Waals surface area contributed by atoms with Crippen molar-refractivity contribution in [3.8, 4) is 0 Å². The number of ether oxygens (including phenoxy) is 2. The number of hydrogen-bond acceptors (Lipinski definition) is 2. The standard InChI is InChI=1S/C28H46O2/c1-17-8-11-26(4)20(14-17)6-7-21-22(26)10-12-27(5)23(21)15-24-25(27)19(3)28(30-24)13-9-18(2)16-29-28/h17-25H,6-16H2,1-5H3/t17?,18-,19+,20-,21+,22+,23+,24+,25+,26+,27+,28-/m1/s1. The molecule has 4 saturated carbocycles. The van der Waals surface area contributed by atoms with Crippen LogP contribution < -0.4 is 0 Å². The number of fused-ring (bicyclic) bond motifs is 7.